The highest BCUT2D eigenvalue weighted by molar-refractivity contribution is 6.30. The van der Waals surface area contributed by atoms with E-state index in [2.05, 4.69) is 11.1 Å². The molecular formula is C17H17ClN4O3. The Bertz CT molecular complexity index is 789. The van der Waals surface area contributed by atoms with Gasteiger partial charge in [-0.05, 0) is 31.2 Å². The highest BCUT2D eigenvalue weighted by Crippen LogP contribution is 2.29. The molecule has 8 heteroatoms. The third-order valence-electron chi connectivity index (χ3n) is 3.90. The fourth-order valence-corrected chi connectivity index (χ4v) is 2.75. The van der Waals surface area contributed by atoms with Crippen molar-refractivity contribution < 1.29 is 13.9 Å². The first-order valence-electron chi connectivity index (χ1n) is 7.96. The zero-order chi connectivity index (χ0) is 17.8. The van der Waals surface area contributed by atoms with E-state index in [0.717, 1.165) is 5.56 Å². The molecule has 130 valence electrons. The molecule has 0 radical (unpaired) electrons. The van der Waals surface area contributed by atoms with Gasteiger partial charge in [0.1, 0.15) is 6.07 Å². The van der Waals surface area contributed by atoms with E-state index in [-0.39, 0.29) is 11.8 Å². The molecule has 0 unspecified atom stereocenters. The van der Waals surface area contributed by atoms with E-state index in [0.29, 0.717) is 49.6 Å². The fraction of sp³-hybridized carbons (Fsp3) is 0.353. The van der Waals surface area contributed by atoms with Crippen molar-refractivity contribution in [3.05, 3.63) is 35.0 Å². The van der Waals surface area contributed by atoms with E-state index >= 15 is 0 Å². The third-order valence-corrected chi connectivity index (χ3v) is 4.15. The molecule has 1 aliphatic rings. The minimum atomic E-state index is -0.318. The Kier molecular flexibility index (Phi) is 5.10. The summed E-state index contributed by atoms with van der Waals surface area (Å²) in [6, 6.07) is 9.13. The van der Waals surface area contributed by atoms with Crippen molar-refractivity contribution in [2.45, 2.75) is 6.92 Å². The zero-order valence-electron chi connectivity index (χ0n) is 13.7. The lowest BCUT2D eigenvalue weighted by atomic mass is 10.2. The van der Waals surface area contributed by atoms with Crippen LogP contribution in [0.15, 0.2) is 28.7 Å². The minimum absolute atomic E-state index is 0.231. The van der Waals surface area contributed by atoms with Crippen molar-refractivity contribution in [2.24, 2.45) is 0 Å². The molecule has 0 N–H and O–H groups in total. The van der Waals surface area contributed by atoms with Crippen molar-refractivity contribution in [1.29, 1.82) is 5.26 Å². The number of piperazine rings is 1. The lowest BCUT2D eigenvalue weighted by Crippen LogP contribution is -2.49. The predicted octanol–water partition coefficient (Wildman–Crippen LogP) is 3.15. The van der Waals surface area contributed by atoms with Crippen LogP contribution in [0.2, 0.25) is 5.02 Å². The smallest absolute Gasteiger partial charge is 0.409 e. The molecule has 1 amide bonds. The minimum Gasteiger partial charge on any atom is -0.450 e. The molecule has 3 rings (SSSR count). The van der Waals surface area contributed by atoms with Gasteiger partial charge in [0.05, 0.1) is 6.61 Å². The molecule has 2 aromatic rings. The summed E-state index contributed by atoms with van der Waals surface area (Å²) < 4.78 is 10.8. The summed E-state index contributed by atoms with van der Waals surface area (Å²) in [5, 5.41) is 9.98. The van der Waals surface area contributed by atoms with Gasteiger partial charge in [-0.15, -0.1) is 0 Å². The second kappa shape index (κ2) is 7.45. The average Bonchev–Trinajstić information content (AvgIpc) is 3.07. The van der Waals surface area contributed by atoms with Gasteiger partial charge in [-0.1, -0.05) is 11.6 Å². The number of nitrogens with zero attached hydrogens (tertiary/aromatic N) is 4. The summed E-state index contributed by atoms with van der Waals surface area (Å²) in [5.74, 6) is 0.798. The van der Waals surface area contributed by atoms with Crippen LogP contribution in [0.3, 0.4) is 0 Å². The maximum absolute atomic E-state index is 11.8. The van der Waals surface area contributed by atoms with Gasteiger partial charge in [-0.25, -0.2) is 4.79 Å². The molecule has 0 spiro atoms. The van der Waals surface area contributed by atoms with Crippen molar-refractivity contribution >= 4 is 23.6 Å². The van der Waals surface area contributed by atoms with Crippen molar-refractivity contribution in [3.63, 3.8) is 0 Å². The molecule has 0 saturated carbocycles. The number of carbonyl (C=O) groups is 1. The van der Waals surface area contributed by atoms with Crippen LogP contribution < -0.4 is 4.90 Å². The topological polar surface area (TPSA) is 82.6 Å². The number of amides is 1. The Morgan fingerprint density at radius 1 is 1.32 bits per heavy atom. The van der Waals surface area contributed by atoms with Crippen LogP contribution in [0.5, 0.6) is 0 Å². The number of aromatic nitrogens is 1. The van der Waals surface area contributed by atoms with Gasteiger partial charge >= 0.3 is 6.09 Å². The Morgan fingerprint density at radius 2 is 2.00 bits per heavy atom. The molecule has 1 fully saturated rings. The summed E-state index contributed by atoms with van der Waals surface area (Å²) in [6.07, 6.45) is -0.318. The molecule has 1 saturated heterocycles. The molecule has 0 aliphatic carbocycles. The summed E-state index contributed by atoms with van der Waals surface area (Å²) in [7, 11) is 0. The molecule has 1 aromatic heterocycles. The van der Waals surface area contributed by atoms with Crippen LogP contribution in [-0.4, -0.2) is 48.8 Å². The zero-order valence-corrected chi connectivity index (χ0v) is 14.5. The summed E-state index contributed by atoms with van der Waals surface area (Å²) in [4.78, 5) is 19.6. The standard InChI is InChI=1S/C17H17ClN4O3/c1-2-24-17(23)22-9-7-21(8-10-22)16-14(11-19)20-15(25-16)12-3-5-13(18)6-4-12/h3-6H,2,7-10H2,1H3. The number of hydrogen-bond acceptors (Lipinski definition) is 6. The van der Waals surface area contributed by atoms with Crippen LogP contribution >= 0.6 is 11.6 Å². The molecule has 7 nitrogen and oxygen atoms in total. The molecule has 1 aliphatic heterocycles. The Hall–Kier alpha value is -2.72. The normalized spacial score (nSPS) is 14.3. The number of benzene rings is 1. The van der Waals surface area contributed by atoms with E-state index in [1.165, 1.54) is 0 Å². The SMILES string of the molecule is CCOC(=O)N1CCN(c2oc(-c3ccc(Cl)cc3)nc2C#N)CC1. The monoisotopic (exact) mass is 360 g/mol. The summed E-state index contributed by atoms with van der Waals surface area (Å²) in [5.41, 5.74) is 0.979. The van der Waals surface area contributed by atoms with Gasteiger partial charge < -0.3 is 19.0 Å². The van der Waals surface area contributed by atoms with Crippen molar-refractivity contribution in [1.82, 2.24) is 9.88 Å². The van der Waals surface area contributed by atoms with Crippen LogP contribution in [0.25, 0.3) is 11.5 Å². The first kappa shape index (κ1) is 17.1. The average molecular weight is 361 g/mol. The first-order chi connectivity index (χ1) is 12.1. The Balaban J connectivity index is 1.76. The lowest BCUT2D eigenvalue weighted by molar-refractivity contribution is 0.105. The van der Waals surface area contributed by atoms with Crippen LogP contribution in [0.4, 0.5) is 10.7 Å². The van der Waals surface area contributed by atoms with Gasteiger partial charge in [0, 0.05) is 36.8 Å². The first-order valence-corrected chi connectivity index (χ1v) is 8.33. The van der Waals surface area contributed by atoms with E-state index < -0.39 is 0 Å². The van der Waals surface area contributed by atoms with Crippen molar-refractivity contribution in [3.8, 4) is 17.5 Å². The number of rotatable bonds is 3. The van der Waals surface area contributed by atoms with E-state index in [1.54, 1.807) is 36.1 Å². The molecule has 1 aromatic carbocycles. The highest BCUT2D eigenvalue weighted by Gasteiger charge is 2.27. The lowest BCUT2D eigenvalue weighted by Gasteiger charge is -2.33. The molecule has 0 bridgehead atoms. The number of halogens is 1. The largest absolute Gasteiger partial charge is 0.450 e. The number of carbonyl (C=O) groups excluding carboxylic acids is 1. The maximum Gasteiger partial charge on any atom is 0.409 e. The van der Waals surface area contributed by atoms with E-state index in [4.69, 9.17) is 20.8 Å². The van der Waals surface area contributed by atoms with E-state index in [1.807, 2.05) is 4.90 Å². The third kappa shape index (κ3) is 3.69. The maximum atomic E-state index is 11.8. The van der Waals surface area contributed by atoms with Gasteiger partial charge in [0.25, 0.3) is 0 Å². The molecule has 2 heterocycles. The molecular weight excluding hydrogens is 344 g/mol. The number of oxazole rings is 1. The second-order valence-electron chi connectivity index (χ2n) is 5.46. The molecule has 25 heavy (non-hydrogen) atoms. The Morgan fingerprint density at radius 3 is 2.60 bits per heavy atom. The van der Waals surface area contributed by atoms with Gasteiger partial charge in [-0.3, -0.25) is 0 Å². The molecule has 0 atom stereocenters. The van der Waals surface area contributed by atoms with Gasteiger partial charge in [0.2, 0.25) is 17.5 Å². The van der Waals surface area contributed by atoms with Crippen LogP contribution in [0.1, 0.15) is 12.6 Å². The Labute approximate surface area is 150 Å². The van der Waals surface area contributed by atoms with E-state index in [9.17, 15) is 10.1 Å². The quantitative estimate of drug-likeness (QED) is 0.836. The fourth-order valence-electron chi connectivity index (χ4n) is 2.62. The van der Waals surface area contributed by atoms with Gasteiger partial charge in [-0.2, -0.15) is 10.2 Å². The summed E-state index contributed by atoms with van der Waals surface area (Å²) in [6.45, 7) is 4.22. The number of nitriles is 1. The van der Waals surface area contributed by atoms with Crippen molar-refractivity contribution in [2.75, 3.05) is 37.7 Å². The second-order valence-corrected chi connectivity index (χ2v) is 5.90. The van der Waals surface area contributed by atoms with Gasteiger partial charge in [0.15, 0.2) is 0 Å². The highest BCUT2D eigenvalue weighted by atomic mass is 35.5. The predicted molar refractivity (Wildman–Crippen MR) is 92.5 cm³/mol. The van der Waals surface area contributed by atoms with Crippen LogP contribution in [-0.2, 0) is 4.74 Å². The number of ether oxygens (including phenoxy) is 1. The summed E-state index contributed by atoms with van der Waals surface area (Å²) >= 11 is 5.89. The number of hydrogen-bond donors (Lipinski definition) is 0. The van der Waals surface area contributed by atoms with Crippen LogP contribution in [0, 0.1) is 11.3 Å². The number of anilines is 1.